The van der Waals surface area contributed by atoms with Gasteiger partial charge in [-0.15, -0.1) is 0 Å². The molecule has 0 aromatic rings. The van der Waals surface area contributed by atoms with Crippen LogP contribution in [0.4, 0.5) is 30.7 Å². The van der Waals surface area contributed by atoms with Gasteiger partial charge in [0, 0.05) is 19.8 Å². The van der Waals surface area contributed by atoms with Gasteiger partial charge in [0.05, 0.1) is 0 Å². The van der Waals surface area contributed by atoms with Gasteiger partial charge in [-0.05, 0) is 27.7 Å². The molecule has 0 rings (SSSR count). The average molecular weight is 360 g/mol. The zero-order valence-corrected chi connectivity index (χ0v) is 13.6. The molecule has 0 spiro atoms. The van der Waals surface area contributed by atoms with Crippen molar-refractivity contribution in [2.45, 2.75) is 51.3 Å². The van der Waals surface area contributed by atoms with E-state index in [-0.39, 0.29) is 6.92 Å². The van der Waals surface area contributed by atoms with Crippen LogP contribution in [-0.2, 0) is 13.3 Å². The summed E-state index contributed by atoms with van der Waals surface area (Å²) in [5, 5.41) is 0. The van der Waals surface area contributed by atoms with Gasteiger partial charge in [0.1, 0.15) is 0 Å². The highest BCUT2D eigenvalue weighted by Gasteiger charge is 2.85. The van der Waals surface area contributed by atoms with Crippen LogP contribution in [0.2, 0.25) is 0 Å². The number of hydrogen-bond donors (Lipinski definition) is 0. The third-order valence-corrected chi connectivity index (χ3v) is 5.79. The summed E-state index contributed by atoms with van der Waals surface area (Å²) in [6.07, 6.45) is -3.51. The largest absolute Gasteiger partial charge is 0.582 e. The first-order valence-electron chi connectivity index (χ1n) is 6.57. The molecule has 0 amide bonds. The van der Waals surface area contributed by atoms with E-state index in [2.05, 4.69) is 13.3 Å². The summed E-state index contributed by atoms with van der Waals surface area (Å²) in [5.74, 6) is -11.7. The summed E-state index contributed by atoms with van der Waals surface area (Å²) in [4.78, 5) is 0. The number of halogens is 7. The molecule has 134 valence electrons. The summed E-state index contributed by atoms with van der Waals surface area (Å²) in [5.41, 5.74) is -5.52. The molecule has 0 saturated carbocycles. The van der Waals surface area contributed by atoms with Crippen LogP contribution in [-0.4, -0.2) is 52.2 Å². The van der Waals surface area contributed by atoms with E-state index in [0.717, 1.165) is 0 Å². The number of rotatable bonds is 10. The van der Waals surface area contributed by atoms with Gasteiger partial charge in [0.25, 0.3) is 0 Å². The smallest absolute Gasteiger partial charge is 0.370 e. The lowest BCUT2D eigenvalue weighted by atomic mass is 10.1. The zero-order valence-electron chi connectivity index (χ0n) is 12.6. The van der Waals surface area contributed by atoms with Crippen LogP contribution in [0, 0.1) is 0 Å². The van der Waals surface area contributed by atoms with Gasteiger partial charge in [0.15, 0.2) is 6.17 Å². The van der Waals surface area contributed by atoms with Gasteiger partial charge in [-0.25, -0.2) is 4.39 Å². The normalized spacial score (nSPS) is 16.0. The second kappa shape index (κ2) is 7.45. The Balaban J connectivity index is 6.06. The van der Waals surface area contributed by atoms with E-state index in [1.165, 1.54) is 20.8 Å². The molecular formula is C11H19F7O3Si. The van der Waals surface area contributed by atoms with Crippen LogP contribution in [0.15, 0.2) is 0 Å². The molecule has 0 N–H and O–H groups in total. The highest BCUT2D eigenvalue weighted by Crippen LogP contribution is 2.52. The Labute approximate surface area is 125 Å². The van der Waals surface area contributed by atoms with E-state index < -0.39 is 52.2 Å². The van der Waals surface area contributed by atoms with Crippen molar-refractivity contribution < 1.29 is 44.0 Å². The topological polar surface area (TPSA) is 27.7 Å². The van der Waals surface area contributed by atoms with Crippen LogP contribution in [0.3, 0.4) is 0 Å². The van der Waals surface area contributed by atoms with Gasteiger partial charge in [-0.3, -0.25) is 0 Å². The van der Waals surface area contributed by atoms with Crippen LogP contribution < -0.4 is 0 Å². The van der Waals surface area contributed by atoms with Gasteiger partial charge in [-0.1, -0.05) is 0 Å². The lowest BCUT2D eigenvalue weighted by molar-refractivity contribution is -0.313. The van der Waals surface area contributed by atoms with Crippen molar-refractivity contribution in [1.29, 1.82) is 0 Å². The second-order valence-corrected chi connectivity index (χ2v) is 6.85. The van der Waals surface area contributed by atoms with Crippen molar-refractivity contribution in [3.8, 4) is 0 Å². The van der Waals surface area contributed by atoms with Crippen LogP contribution in [0.5, 0.6) is 0 Å². The quantitative estimate of drug-likeness (QED) is 0.438. The summed E-state index contributed by atoms with van der Waals surface area (Å²) >= 11 is 0. The zero-order chi connectivity index (χ0) is 17.8. The van der Waals surface area contributed by atoms with Gasteiger partial charge in [0.2, 0.25) is 0 Å². The van der Waals surface area contributed by atoms with E-state index in [0.29, 0.717) is 0 Å². The number of hydrogen-bond acceptors (Lipinski definition) is 3. The Hall–Kier alpha value is -0.393. The molecular weight excluding hydrogens is 341 g/mol. The van der Waals surface area contributed by atoms with Gasteiger partial charge >= 0.3 is 26.2 Å². The van der Waals surface area contributed by atoms with Crippen LogP contribution in [0.25, 0.3) is 0 Å². The fraction of sp³-hybridized carbons (Fsp3) is 1.00. The van der Waals surface area contributed by atoms with Gasteiger partial charge in [-0.2, -0.15) is 26.3 Å². The first-order valence-corrected chi connectivity index (χ1v) is 8.29. The highest BCUT2D eigenvalue weighted by molar-refractivity contribution is 6.63. The van der Waals surface area contributed by atoms with Crippen LogP contribution in [0.1, 0.15) is 27.7 Å². The lowest BCUT2D eigenvalue weighted by Crippen LogP contribution is -2.73. The van der Waals surface area contributed by atoms with E-state index in [1.807, 2.05) is 0 Å². The third-order valence-electron chi connectivity index (χ3n) is 2.70. The fourth-order valence-corrected chi connectivity index (χ4v) is 4.10. The van der Waals surface area contributed by atoms with E-state index in [4.69, 9.17) is 0 Å². The Morgan fingerprint density at radius 1 is 0.818 bits per heavy atom. The first kappa shape index (κ1) is 21.6. The summed E-state index contributed by atoms with van der Waals surface area (Å²) in [6.45, 7) is 2.02. The molecule has 0 fully saturated rings. The lowest BCUT2D eigenvalue weighted by Gasteiger charge is -2.40. The Bertz CT molecular complexity index is 336. The Morgan fingerprint density at radius 2 is 1.14 bits per heavy atom. The second-order valence-electron chi connectivity index (χ2n) is 4.24. The first-order chi connectivity index (χ1) is 9.88. The third kappa shape index (κ3) is 3.41. The minimum atomic E-state index is -6.06. The maximum atomic E-state index is 14.2. The van der Waals surface area contributed by atoms with Crippen molar-refractivity contribution in [2.24, 2.45) is 0 Å². The van der Waals surface area contributed by atoms with Gasteiger partial charge < -0.3 is 13.3 Å². The molecule has 0 aliphatic carbocycles. The minimum absolute atomic E-state index is 0.0647. The molecule has 0 radical (unpaired) electrons. The highest BCUT2D eigenvalue weighted by atomic mass is 28.4. The molecule has 22 heavy (non-hydrogen) atoms. The van der Waals surface area contributed by atoms with Crippen LogP contribution >= 0.6 is 0 Å². The SMILES string of the molecule is CCO[Si](OCC)(OCC)C(F)(F)C(F)(F)C(F)(F)C(C)F. The summed E-state index contributed by atoms with van der Waals surface area (Å²) in [7, 11) is -5.54. The van der Waals surface area contributed by atoms with E-state index in [1.54, 1.807) is 0 Å². The van der Waals surface area contributed by atoms with E-state index >= 15 is 0 Å². The predicted octanol–water partition coefficient (Wildman–Crippen LogP) is 3.84. The summed E-state index contributed by atoms with van der Waals surface area (Å²) in [6, 6.07) is 0. The van der Waals surface area contributed by atoms with Crippen molar-refractivity contribution in [1.82, 2.24) is 0 Å². The molecule has 11 heteroatoms. The van der Waals surface area contributed by atoms with Crippen molar-refractivity contribution in [3.05, 3.63) is 0 Å². The van der Waals surface area contributed by atoms with E-state index in [9.17, 15) is 30.7 Å². The molecule has 0 aromatic carbocycles. The molecule has 0 aliphatic heterocycles. The molecule has 0 heterocycles. The predicted molar refractivity (Wildman–Crippen MR) is 66.0 cm³/mol. The molecule has 0 bridgehead atoms. The Morgan fingerprint density at radius 3 is 1.36 bits per heavy atom. The molecule has 0 aliphatic rings. The monoisotopic (exact) mass is 360 g/mol. The maximum absolute atomic E-state index is 14.2. The minimum Gasteiger partial charge on any atom is -0.370 e. The van der Waals surface area contributed by atoms with Crippen molar-refractivity contribution in [2.75, 3.05) is 19.8 Å². The summed E-state index contributed by atoms with van der Waals surface area (Å²) < 4.78 is 109. The molecule has 0 aromatic heterocycles. The average Bonchev–Trinajstić information content (AvgIpc) is 2.38. The number of alkyl halides is 7. The van der Waals surface area contributed by atoms with Crippen molar-refractivity contribution in [3.63, 3.8) is 0 Å². The molecule has 1 atom stereocenters. The van der Waals surface area contributed by atoms with Crippen molar-refractivity contribution >= 4 is 8.80 Å². The maximum Gasteiger partial charge on any atom is 0.582 e. The molecule has 0 saturated heterocycles. The standard InChI is InChI=1S/C11H19F7O3Si/c1-5-19-22(20-6-2,21-7-3)11(17,18)10(15,16)9(13,14)8(4)12/h8H,5-7H2,1-4H3. The molecule has 3 nitrogen and oxygen atoms in total. The Kier molecular flexibility index (Phi) is 7.32. The molecule has 1 unspecified atom stereocenters. The fourth-order valence-electron chi connectivity index (χ4n) is 1.62.